The van der Waals surface area contributed by atoms with Gasteiger partial charge in [-0.15, -0.1) is 0 Å². The zero-order valence-corrected chi connectivity index (χ0v) is 19.9. The van der Waals surface area contributed by atoms with Crippen molar-refractivity contribution in [1.29, 1.82) is 0 Å². The van der Waals surface area contributed by atoms with Gasteiger partial charge in [0, 0.05) is 26.2 Å². The molecule has 3 heterocycles. The van der Waals surface area contributed by atoms with Crippen molar-refractivity contribution in [2.75, 3.05) is 26.3 Å². The first-order valence-corrected chi connectivity index (χ1v) is 12.0. The summed E-state index contributed by atoms with van der Waals surface area (Å²) >= 11 is 0. The van der Waals surface area contributed by atoms with Crippen molar-refractivity contribution in [1.82, 2.24) is 14.8 Å². The van der Waals surface area contributed by atoms with E-state index in [-0.39, 0.29) is 24.0 Å². The number of benzene rings is 1. The zero-order valence-electron chi connectivity index (χ0n) is 19.9. The van der Waals surface area contributed by atoms with E-state index in [1.165, 1.54) is 0 Å². The molecule has 7 nitrogen and oxygen atoms in total. The van der Waals surface area contributed by atoms with Crippen LogP contribution in [0.5, 0.6) is 0 Å². The van der Waals surface area contributed by atoms with E-state index in [0.29, 0.717) is 56.6 Å². The molecule has 178 valence electrons. The Morgan fingerprint density at radius 3 is 2.73 bits per heavy atom. The molecule has 2 aliphatic rings. The summed E-state index contributed by atoms with van der Waals surface area (Å²) in [4.78, 5) is 28.6. The minimum absolute atomic E-state index is 0.0389. The Kier molecular flexibility index (Phi) is 7.50. The van der Waals surface area contributed by atoms with Crippen molar-refractivity contribution in [2.45, 2.75) is 58.9 Å². The molecule has 0 spiro atoms. The van der Waals surface area contributed by atoms with Gasteiger partial charge in [-0.2, -0.15) is 0 Å². The maximum Gasteiger partial charge on any atom is 0.270 e. The molecule has 2 amide bonds. The molecule has 2 unspecified atom stereocenters. The minimum atomic E-state index is -0.168. The summed E-state index contributed by atoms with van der Waals surface area (Å²) in [6.07, 6.45) is 1.70. The summed E-state index contributed by atoms with van der Waals surface area (Å²) in [6.45, 7) is 9.71. The highest BCUT2D eigenvalue weighted by Gasteiger charge is 2.32. The van der Waals surface area contributed by atoms with Crippen molar-refractivity contribution >= 4 is 11.8 Å². The van der Waals surface area contributed by atoms with Crippen LogP contribution in [0.25, 0.3) is 0 Å². The van der Waals surface area contributed by atoms with Crippen molar-refractivity contribution in [3.05, 3.63) is 58.9 Å². The van der Waals surface area contributed by atoms with Gasteiger partial charge in [0.25, 0.3) is 11.8 Å². The number of ether oxygens (including phenoxy) is 2. The van der Waals surface area contributed by atoms with Crippen LogP contribution in [0.15, 0.2) is 36.4 Å². The van der Waals surface area contributed by atoms with Gasteiger partial charge >= 0.3 is 0 Å². The van der Waals surface area contributed by atoms with E-state index >= 15 is 0 Å². The smallest absolute Gasteiger partial charge is 0.270 e. The number of nitrogens with one attached hydrogen (secondary N) is 1. The summed E-state index contributed by atoms with van der Waals surface area (Å²) in [5, 5.41) is 3.15. The first-order valence-electron chi connectivity index (χ1n) is 12.0. The molecule has 0 radical (unpaired) electrons. The molecular formula is C26H35N3O4. The quantitative estimate of drug-likeness (QED) is 0.660. The van der Waals surface area contributed by atoms with E-state index in [2.05, 4.69) is 26.1 Å². The second kappa shape index (κ2) is 10.5. The SMILES string of the molecule is CCC(NC(=O)c1cc(C(=O)N2CCC(OCC(C)C)C2)n2c1COCC2)c1ccccc1. The first kappa shape index (κ1) is 23.5. The van der Waals surface area contributed by atoms with E-state index in [0.717, 1.165) is 24.1 Å². The monoisotopic (exact) mass is 453 g/mol. The second-order valence-electron chi connectivity index (χ2n) is 9.33. The van der Waals surface area contributed by atoms with E-state index in [4.69, 9.17) is 9.47 Å². The number of rotatable bonds is 8. The van der Waals surface area contributed by atoms with Gasteiger partial charge in [0.1, 0.15) is 5.69 Å². The van der Waals surface area contributed by atoms with Crippen LogP contribution >= 0.6 is 0 Å². The van der Waals surface area contributed by atoms with Crippen LogP contribution in [0.4, 0.5) is 0 Å². The molecule has 1 saturated heterocycles. The number of hydrogen-bond donors (Lipinski definition) is 1. The van der Waals surface area contributed by atoms with Crippen molar-refractivity contribution in [3.63, 3.8) is 0 Å². The maximum atomic E-state index is 13.4. The van der Waals surface area contributed by atoms with Crippen LogP contribution in [0.2, 0.25) is 0 Å². The van der Waals surface area contributed by atoms with Gasteiger partial charge < -0.3 is 24.3 Å². The third kappa shape index (κ3) is 5.31. The molecule has 2 aliphatic heterocycles. The second-order valence-corrected chi connectivity index (χ2v) is 9.33. The van der Waals surface area contributed by atoms with Crippen LogP contribution in [0.3, 0.4) is 0 Å². The summed E-state index contributed by atoms with van der Waals surface area (Å²) in [5.41, 5.74) is 2.94. The summed E-state index contributed by atoms with van der Waals surface area (Å²) in [7, 11) is 0. The minimum Gasteiger partial charge on any atom is -0.376 e. The summed E-state index contributed by atoms with van der Waals surface area (Å²) < 4.78 is 13.6. The van der Waals surface area contributed by atoms with Crippen LogP contribution < -0.4 is 5.32 Å². The third-order valence-corrected chi connectivity index (χ3v) is 6.38. The topological polar surface area (TPSA) is 72.8 Å². The predicted molar refractivity (Wildman–Crippen MR) is 126 cm³/mol. The maximum absolute atomic E-state index is 13.4. The molecule has 1 fully saturated rings. The molecule has 0 bridgehead atoms. The van der Waals surface area contributed by atoms with Crippen LogP contribution in [-0.2, 0) is 22.6 Å². The molecule has 4 rings (SSSR count). The molecule has 7 heteroatoms. The highest BCUT2D eigenvalue weighted by molar-refractivity contribution is 6.01. The standard InChI is InChI=1S/C26H35N3O4/c1-4-22(19-8-6-5-7-9-19)27-25(30)21-14-23(29-12-13-32-17-24(21)29)26(31)28-11-10-20(15-28)33-16-18(2)3/h5-9,14,18,20,22H,4,10-13,15-17H2,1-3H3,(H,27,30). The Bertz CT molecular complexity index is 969. The number of carbonyl (C=O) groups excluding carboxylic acids is 2. The largest absolute Gasteiger partial charge is 0.376 e. The van der Waals surface area contributed by atoms with Gasteiger partial charge in [-0.1, -0.05) is 51.1 Å². The summed E-state index contributed by atoms with van der Waals surface area (Å²) in [5.74, 6) is 0.262. The molecule has 1 N–H and O–H groups in total. The van der Waals surface area contributed by atoms with Crippen LogP contribution in [0, 0.1) is 5.92 Å². The molecule has 0 aliphatic carbocycles. The predicted octanol–water partition coefficient (Wildman–Crippen LogP) is 3.79. The highest BCUT2D eigenvalue weighted by atomic mass is 16.5. The number of aromatic nitrogens is 1. The van der Waals surface area contributed by atoms with Crippen LogP contribution in [0.1, 0.15) is 71.8 Å². The number of hydrogen-bond acceptors (Lipinski definition) is 4. The Hall–Kier alpha value is -2.64. The van der Waals surface area contributed by atoms with Gasteiger partial charge in [0.05, 0.1) is 36.6 Å². The highest BCUT2D eigenvalue weighted by Crippen LogP contribution is 2.25. The molecule has 0 saturated carbocycles. The number of nitrogens with zero attached hydrogens (tertiary/aromatic N) is 2. The number of carbonyl (C=O) groups is 2. The van der Waals surface area contributed by atoms with Gasteiger partial charge in [0.15, 0.2) is 0 Å². The van der Waals surface area contributed by atoms with E-state index in [9.17, 15) is 9.59 Å². The fraction of sp³-hybridized carbons (Fsp3) is 0.538. The molecule has 1 aromatic heterocycles. The Labute approximate surface area is 196 Å². The lowest BCUT2D eigenvalue weighted by molar-refractivity contribution is 0.0391. The van der Waals surface area contributed by atoms with Crippen molar-refractivity contribution in [2.24, 2.45) is 5.92 Å². The normalized spacial score (nSPS) is 18.9. The third-order valence-electron chi connectivity index (χ3n) is 6.38. The Morgan fingerprint density at radius 2 is 2.00 bits per heavy atom. The lowest BCUT2D eigenvalue weighted by Crippen LogP contribution is -2.33. The van der Waals surface area contributed by atoms with Gasteiger partial charge in [-0.3, -0.25) is 9.59 Å². The van der Waals surface area contributed by atoms with E-state index in [1.54, 1.807) is 6.07 Å². The molecule has 2 atom stereocenters. The Balaban J connectivity index is 1.52. The first-order chi connectivity index (χ1) is 16.0. The van der Waals surface area contributed by atoms with Crippen LogP contribution in [-0.4, -0.2) is 53.7 Å². The number of fused-ring (bicyclic) bond motifs is 1. The summed E-state index contributed by atoms with van der Waals surface area (Å²) in [6, 6.07) is 11.6. The van der Waals surface area contributed by atoms with Crippen molar-refractivity contribution < 1.29 is 19.1 Å². The zero-order chi connectivity index (χ0) is 23.4. The number of amides is 2. The van der Waals surface area contributed by atoms with Gasteiger partial charge in [0.2, 0.25) is 0 Å². The number of likely N-dealkylation sites (tertiary alicyclic amines) is 1. The van der Waals surface area contributed by atoms with Crippen molar-refractivity contribution in [3.8, 4) is 0 Å². The lowest BCUT2D eigenvalue weighted by Gasteiger charge is -2.22. The van der Waals surface area contributed by atoms with E-state index in [1.807, 2.05) is 39.8 Å². The molecular weight excluding hydrogens is 418 g/mol. The average molecular weight is 454 g/mol. The fourth-order valence-electron chi connectivity index (χ4n) is 4.58. The van der Waals surface area contributed by atoms with Gasteiger partial charge in [-0.25, -0.2) is 0 Å². The van der Waals surface area contributed by atoms with E-state index < -0.39 is 0 Å². The average Bonchev–Trinajstić information content (AvgIpc) is 3.46. The molecule has 33 heavy (non-hydrogen) atoms. The Morgan fingerprint density at radius 1 is 1.21 bits per heavy atom. The lowest BCUT2D eigenvalue weighted by atomic mass is 10.0. The fourth-order valence-corrected chi connectivity index (χ4v) is 4.58. The molecule has 2 aromatic rings. The molecule has 1 aromatic carbocycles. The van der Waals surface area contributed by atoms with Gasteiger partial charge in [-0.05, 0) is 30.4 Å².